The van der Waals surface area contributed by atoms with Crippen molar-refractivity contribution in [1.82, 2.24) is 5.32 Å². The van der Waals surface area contributed by atoms with Crippen molar-refractivity contribution >= 4 is 5.97 Å². The zero-order chi connectivity index (χ0) is 17.6. The summed E-state index contributed by atoms with van der Waals surface area (Å²) in [5.41, 5.74) is 2.43. The third kappa shape index (κ3) is 4.93. The molecule has 132 valence electrons. The van der Waals surface area contributed by atoms with Gasteiger partial charge in [0.1, 0.15) is 6.04 Å². The molecule has 0 bridgehead atoms. The second kappa shape index (κ2) is 8.30. The standard InChI is InChI=1S/C22H27NO2/c1-16-12-19(18-10-6-3-7-11-18)15-20(13-16)23-21(22(24)25)14-17-8-4-2-5-9-17/h2-11,16,19-21,23H,12-15H2,1H3,(H,24,25)/t16?,19?,20?,21-/m0/s1. The first-order valence-electron chi connectivity index (χ1n) is 9.19. The van der Waals surface area contributed by atoms with Gasteiger partial charge in [0.2, 0.25) is 0 Å². The van der Waals surface area contributed by atoms with Crippen molar-refractivity contribution in [3.05, 3.63) is 71.8 Å². The Labute approximate surface area is 150 Å². The number of benzene rings is 2. The topological polar surface area (TPSA) is 49.3 Å². The van der Waals surface area contributed by atoms with Gasteiger partial charge in [-0.3, -0.25) is 4.79 Å². The molecule has 0 spiro atoms. The van der Waals surface area contributed by atoms with E-state index >= 15 is 0 Å². The monoisotopic (exact) mass is 337 g/mol. The number of aliphatic carboxylic acids is 1. The maximum absolute atomic E-state index is 11.7. The van der Waals surface area contributed by atoms with Gasteiger partial charge in [-0.05, 0) is 48.6 Å². The summed E-state index contributed by atoms with van der Waals surface area (Å²) < 4.78 is 0. The molecule has 0 aliphatic heterocycles. The largest absolute Gasteiger partial charge is 0.480 e. The number of hydrogen-bond acceptors (Lipinski definition) is 2. The van der Waals surface area contributed by atoms with Gasteiger partial charge in [0.05, 0.1) is 0 Å². The zero-order valence-corrected chi connectivity index (χ0v) is 14.8. The van der Waals surface area contributed by atoms with Gasteiger partial charge in [0.15, 0.2) is 0 Å². The van der Waals surface area contributed by atoms with Gasteiger partial charge >= 0.3 is 5.97 Å². The van der Waals surface area contributed by atoms with Crippen molar-refractivity contribution in [2.45, 2.75) is 50.6 Å². The highest BCUT2D eigenvalue weighted by atomic mass is 16.4. The Kier molecular flexibility index (Phi) is 5.87. The minimum Gasteiger partial charge on any atom is -0.480 e. The van der Waals surface area contributed by atoms with E-state index in [1.165, 1.54) is 12.0 Å². The minimum absolute atomic E-state index is 0.249. The summed E-state index contributed by atoms with van der Waals surface area (Å²) in [6.45, 7) is 2.27. The number of rotatable bonds is 6. The molecule has 1 aliphatic rings. The highest BCUT2D eigenvalue weighted by Crippen LogP contribution is 2.36. The highest BCUT2D eigenvalue weighted by Gasteiger charge is 2.30. The zero-order valence-electron chi connectivity index (χ0n) is 14.8. The Morgan fingerprint density at radius 2 is 1.68 bits per heavy atom. The Morgan fingerprint density at radius 1 is 1.04 bits per heavy atom. The Balaban J connectivity index is 1.67. The number of carboxylic acids is 1. The Morgan fingerprint density at radius 3 is 2.32 bits per heavy atom. The van der Waals surface area contributed by atoms with Crippen LogP contribution in [0.1, 0.15) is 43.2 Å². The van der Waals surface area contributed by atoms with E-state index in [1.54, 1.807) is 0 Å². The molecule has 0 amide bonds. The van der Waals surface area contributed by atoms with Gasteiger partial charge in [-0.15, -0.1) is 0 Å². The van der Waals surface area contributed by atoms with Gasteiger partial charge in [-0.2, -0.15) is 0 Å². The molecule has 2 aromatic rings. The average molecular weight is 337 g/mol. The van der Waals surface area contributed by atoms with E-state index in [0.29, 0.717) is 18.3 Å². The number of hydrogen-bond donors (Lipinski definition) is 2. The molecule has 2 aromatic carbocycles. The van der Waals surface area contributed by atoms with Crippen LogP contribution in [0.4, 0.5) is 0 Å². The van der Waals surface area contributed by atoms with Gasteiger partial charge in [-0.25, -0.2) is 0 Å². The van der Waals surface area contributed by atoms with E-state index in [4.69, 9.17) is 0 Å². The third-order valence-electron chi connectivity index (χ3n) is 5.23. The summed E-state index contributed by atoms with van der Waals surface area (Å²) in [4.78, 5) is 11.7. The van der Waals surface area contributed by atoms with Gasteiger partial charge < -0.3 is 10.4 Å². The SMILES string of the molecule is CC1CC(N[C@@H](Cc2ccccc2)C(=O)O)CC(c2ccccc2)C1. The van der Waals surface area contributed by atoms with Crippen LogP contribution in [0.15, 0.2) is 60.7 Å². The molecule has 3 heteroatoms. The van der Waals surface area contributed by atoms with Gasteiger partial charge in [-0.1, -0.05) is 67.6 Å². The van der Waals surface area contributed by atoms with Crippen molar-refractivity contribution in [2.75, 3.05) is 0 Å². The second-order valence-electron chi connectivity index (χ2n) is 7.36. The van der Waals surface area contributed by atoms with E-state index in [9.17, 15) is 9.90 Å². The van der Waals surface area contributed by atoms with Crippen molar-refractivity contribution in [3.63, 3.8) is 0 Å². The van der Waals surface area contributed by atoms with Crippen LogP contribution in [0.2, 0.25) is 0 Å². The Hall–Kier alpha value is -2.13. The maximum Gasteiger partial charge on any atom is 0.321 e. The summed E-state index contributed by atoms with van der Waals surface area (Å²) in [7, 11) is 0. The molecule has 3 rings (SSSR count). The van der Waals surface area contributed by atoms with Crippen LogP contribution in [0.3, 0.4) is 0 Å². The Bertz CT molecular complexity index is 671. The molecule has 1 fully saturated rings. The van der Waals surface area contributed by atoms with Crippen LogP contribution in [-0.2, 0) is 11.2 Å². The van der Waals surface area contributed by atoms with E-state index in [2.05, 4.69) is 36.5 Å². The molecule has 2 N–H and O–H groups in total. The molecule has 0 saturated heterocycles. The van der Waals surface area contributed by atoms with Gasteiger partial charge in [0.25, 0.3) is 0 Å². The van der Waals surface area contributed by atoms with Crippen LogP contribution < -0.4 is 5.32 Å². The molecule has 3 unspecified atom stereocenters. The first-order valence-corrected chi connectivity index (χ1v) is 9.19. The molecule has 0 radical (unpaired) electrons. The molecule has 1 saturated carbocycles. The summed E-state index contributed by atoms with van der Waals surface area (Å²) in [5.74, 6) is 0.342. The summed E-state index contributed by atoms with van der Waals surface area (Å²) in [6.07, 6.45) is 3.75. The fraction of sp³-hybridized carbons (Fsp3) is 0.409. The average Bonchev–Trinajstić information content (AvgIpc) is 2.62. The van der Waals surface area contributed by atoms with Crippen LogP contribution in [-0.4, -0.2) is 23.2 Å². The molecule has 0 aromatic heterocycles. The molecular formula is C22H27NO2. The third-order valence-corrected chi connectivity index (χ3v) is 5.23. The highest BCUT2D eigenvalue weighted by molar-refractivity contribution is 5.74. The lowest BCUT2D eigenvalue weighted by Crippen LogP contribution is -2.47. The predicted molar refractivity (Wildman–Crippen MR) is 101 cm³/mol. The quantitative estimate of drug-likeness (QED) is 0.829. The first-order chi connectivity index (χ1) is 12.1. The molecule has 25 heavy (non-hydrogen) atoms. The van der Waals surface area contributed by atoms with E-state index < -0.39 is 12.0 Å². The fourth-order valence-electron chi connectivity index (χ4n) is 4.09. The summed E-state index contributed by atoms with van der Waals surface area (Å²) in [5, 5.41) is 13.1. The number of carbonyl (C=O) groups is 1. The second-order valence-corrected chi connectivity index (χ2v) is 7.36. The number of carboxylic acid groups (broad SMARTS) is 1. The lowest BCUT2D eigenvalue weighted by Gasteiger charge is -2.35. The van der Waals surface area contributed by atoms with Gasteiger partial charge in [0, 0.05) is 6.04 Å². The maximum atomic E-state index is 11.7. The van der Waals surface area contributed by atoms with E-state index in [1.807, 2.05) is 36.4 Å². The van der Waals surface area contributed by atoms with Crippen molar-refractivity contribution < 1.29 is 9.90 Å². The van der Waals surface area contributed by atoms with Crippen LogP contribution in [0.25, 0.3) is 0 Å². The normalized spacial score (nSPS) is 24.6. The van der Waals surface area contributed by atoms with Crippen molar-refractivity contribution in [3.8, 4) is 0 Å². The van der Waals surface area contributed by atoms with Crippen LogP contribution in [0, 0.1) is 5.92 Å². The summed E-state index contributed by atoms with van der Waals surface area (Å²) in [6, 6.07) is 20.2. The molecule has 1 aliphatic carbocycles. The molecule has 0 heterocycles. The lowest BCUT2D eigenvalue weighted by atomic mass is 9.76. The van der Waals surface area contributed by atoms with Crippen molar-refractivity contribution in [1.29, 1.82) is 0 Å². The van der Waals surface area contributed by atoms with E-state index in [0.717, 1.165) is 18.4 Å². The summed E-state index contributed by atoms with van der Waals surface area (Å²) >= 11 is 0. The van der Waals surface area contributed by atoms with Crippen LogP contribution >= 0.6 is 0 Å². The molecule has 3 nitrogen and oxygen atoms in total. The van der Waals surface area contributed by atoms with E-state index in [-0.39, 0.29) is 6.04 Å². The smallest absolute Gasteiger partial charge is 0.321 e. The minimum atomic E-state index is -0.765. The molecule has 4 atom stereocenters. The number of nitrogens with one attached hydrogen (secondary N) is 1. The van der Waals surface area contributed by atoms with Crippen molar-refractivity contribution in [2.24, 2.45) is 5.92 Å². The predicted octanol–water partition coefficient (Wildman–Crippen LogP) is 4.24. The van der Waals surface area contributed by atoms with Crippen LogP contribution in [0.5, 0.6) is 0 Å². The molecular weight excluding hydrogens is 310 g/mol. The first kappa shape index (κ1) is 17.7. The lowest BCUT2D eigenvalue weighted by molar-refractivity contribution is -0.139. The fourth-order valence-corrected chi connectivity index (χ4v) is 4.09.